The monoisotopic (exact) mass is 283 g/mol. The highest BCUT2D eigenvalue weighted by atomic mass is 35.5. The Morgan fingerprint density at radius 2 is 2.06 bits per heavy atom. The summed E-state index contributed by atoms with van der Waals surface area (Å²) in [5.74, 6) is -0.0488. The first kappa shape index (κ1) is 11.2. The predicted octanol–water partition coefficient (Wildman–Crippen LogP) is 3.78. The number of ketones is 1. The van der Waals surface area contributed by atoms with Crippen molar-refractivity contribution in [3.8, 4) is 0 Å². The van der Waals surface area contributed by atoms with E-state index in [1.54, 1.807) is 12.1 Å². The molecule has 0 atom stereocenters. The molecular formula is C12H7Cl2NOS. The molecule has 0 amide bonds. The van der Waals surface area contributed by atoms with Gasteiger partial charge >= 0.3 is 0 Å². The summed E-state index contributed by atoms with van der Waals surface area (Å²) < 4.78 is 0.431. The zero-order chi connectivity index (χ0) is 12.0. The molecule has 1 aromatic carbocycles. The molecule has 0 radical (unpaired) electrons. The van der Waals surface area contributed by atoms with Crippen molar-refractivity contribution in [3.63, 3.8) is 0 Å². The van der Waals surface area contributed by atoms with Crippen LogP contribution >= 0.6 is 34.5 Å². The van der Waals surface area contributed by atoms with Gasteiger partial charge in [0, 0.05) is 15.5 Å². The average molecular weight is 284 g/mol. The quantitative estimate of drug-likeness (QED) is 0.737. The van der Waals surface area contributed by atoms with E-state index in [4.69, 9.17) is 23.2 Å². The maximum atomic E-state index is 12.3. The van der Waals surface area contributed by atoms with Gasteiger partial charge in [-0.2, -0.15) is 0 Å². The van der Waals surface area contributed by atoms with Crippen LogP contribution in [0, 0.1) is 0 Å². The maximum absolute atomic E-state index is 12.3. The van der Waals surface area contributed by atoms with Crippen LogP contribution in [0.4, 0.5) is 0 Å². The number of thiazole rings is 1. The molecule has 0 N–H and O–H groups in total. The Kier molecular flexibility index (Phi) is 2.69. The lowest BCUT2D eigenvalue weighted by molar-refractivity contribution is 0.103. The predicted molar refractivity (Wildman–Crippen MR) is 69.4 cm³/mol. The number of rotatable bonds is 0. The van der Waals surface area contributed by atoms with Gasteiger partial charge in [-0.25, -0.2) is 4.98 Å². The molecule has 0 fully saturated rings. The normalized spacial score (nSPS) is 14.1. The van der Waals surface area contributed by atoms with Gasteiger partial charge in [-0.3, -0.25) is 4.79 Å². The number of nitrogens with zero attached hydrogens (tertiary/aromatic N) is 1. The Balaban J connectivity index is 2.19. The van der Waals surface area contributed by atoms with Crippen molar-refractivity contribution >= 4 is 40.3 Å². The van der Waals surface area contributed by atoms with Crippen LogP contribution in [0.2, 0.25) is 9.49 Å². The van der Waals surface area contributed by atoms with Crippen molar-refractivity contribution in [2.24, 2.45) is 0 Å². The third-order valence-corrected chi connectivity index (χ3v) is 4.27. The van der Waals surface area contributed by atoms with Gasteiger partial charge in [0.25, 0.3) is 0 Å². The number of hydrogen-bond donors (Lipinski definition) is 0. The molecule has 0 spiro atoms. The minimum absolute atomic E-state index is 0.0488. The van der Waals surface area contributed by atoms with E-state index in [0.29, 0.717) is 20.7 Å². The fourth-order valence-corrected chi connectivity index (χ4v) is 3.37. The van der Waals surface area contributed by atoms with Gasteiger partial charge in [-0.15, -0.1) is 11.3 Å². The molecule has 2 aromatic rings. The van der Waals surface area contributed by atoms with E-state index in [-0.39, 0.29) is 5.78 Å². The SMILES string of the molecule is O=C1c2ccc(Cl)cc2CCc2sc(Cl)nc21. The topological polar surface area (TPSA) is 30.0 Å². The largest absolute Gasteiger partial charge is 0.287 e. The fourth-order valence-electron chi connectivity index (χ4n) is 2.04. The van der Waals surface area contributed by atoms with Gasteiger partial charge in [0.1, 0.15) is 5.69 Å². The van der Waals surface area contributed by atoms with Crippen molar-refractivity contribution in [2.45, 2.75) is 12.8 Å². The molecule has 1 aliphatic carbocycles. The van der Waals surface area contributed by atoms with Crippen LogP contribution < -0.4 is 0 Å². The summed E-state index contributed by atoms with van der Waals surface area (Å²) in [5.41, 5.74) is 2.18. The Hall–Kier alpha value is -0.900. The average Bonchev–Trinajstić information content (AvgIpc) is 2.62. The van der Waals surface area contributed by atoms with Crippen molar-refractivity contribution in [3.05, 3.63) is 49.4 Å². The van der Waals surface area contributed by atoms with Crippen molar-refractivity contribution < 1.29 is 4.79 Å². The first-order valence-corrected chi connectivity index (χ1v) is 6.71. The van der Waals surface area contributed by atoms with E-state index in [1.165, 1.54) is 11.3 Å². The van der Waals surface area contributed by atoms with Crippen molar-refractivity contribution in [2.75, 3.05) is 0 Å². The number of aryl methyl sites for hydroxylation is 2. The number of hydrogen-bond acceptors (Lipinski definition) is 3. The molecule has 1 heterocycles. The summed E-state index contributed by atoms with van der Waals surface area (Å²) >= 11 is 13.2. The van der Waals surface area contributed by atoms with Crippen LogP contribution in [-0.4, -0.2) is 10.8 Å². The lowest BCUT2D eigenvalue weighted by atomic mass is 10.0. The summed E-state index contributed by atoms with van der Waals surface area (Å²) in [7, 11) is 0. The van der Waals surface area contributed by atoms with Gasteiger partial charge in [-0.05, 0) is 36.6 Å². The molecule has 2 nitrogen and oxygen atoms in total. The van der Waals surface area contributed by atoms with Crippen LogP contribution in [0.1, 0.15) is 26.5 Å². The summed E-state index contributed by atoms with van der Waals surface area (Å²) in [4.78, 5) is 17.4. The van der Waals surface area contributed by atoms with Crippen LogP contribution in [-0.2, 0) is 12.8 Å². The van der Waals surface area contributed by atoms with E-state index in [9.17, 15) is 4.79 Å². The van der Waals surface area contributed by atoms with E-state index in [0.717, 1.165) is 23.3 Å². The number of aromatic nitrogens is 1. The lowest BCUT2D eigenvalue weighted by Crippen LogP contribution is -2.04. The summed E-state index contributed by atoms with van der Waals surface area (Å²) in [6, 6.07) is 5.35. The van der Waals surface area contributed by atoms with Gasteiger partial charge in [-0.1, -0.05) is 23.2 Å². The maximum Gasteiger partial charge on any atom is 0.212 e. The molecule has 1 aromatic heterocycles. The highest BCUT2D eigenvalue weighted by molar-refractivity contribution is 7.16. The Labute approximate surface area is 112 Å². The zero-order valence-electron chi connectivity index (χ0n) is 8.67. The third-order valence-electron chi connectivity index (χ3n) is 2.82. The summed E-state index contributed by atoms with van der Waals surface area (Å²) in [5, 5.41) is 0.660. The van der Waals surface area contributed by atoms with E-state index < -0.39 is 0 Å². The molecule has 0 saturated carbocycles. The van der Waals surface area contributed by atoms with Crippen molar-refractivity contribution in [1.82, 2.24) is 4.98 Å². The molecule has 0 bridgehead atoms. The second-order valence-corrected chi connectivity index (χ2v) is 5.97. The first-order chi connectivity index (χ1) is 8.15. The van der Waals surface area contributed by atoms with Crippen molar-refractivity contribution in [1.29, 1.82) is 0 Å². The molecule has 3 rings (SSSR count). The highest BCUT2D eigenvalue weighted by Gasteiger charge is 2.24. The fraction of sp³-hybridized carbons (Fsp3) is 0.167. The zero-order valence-corrected chi connectivity index (χ0v) is 11.0. The molecule has 0 aliphatic heterocycles. The van der Waals surface area contributed by atoms with Gasteiger partial charge in [0.15, 0.2) is 4.47 Å². The molecule has 5 heteroatoms. The molecule has 0 unspecified atom stereocenters. The standard InChI is InChI=1S/C12H7Cl2NOS/c13-7-2-3-8-6(5-7)1-4-9-10(11(8)16)15-12(14)17-9/h2-3,5H,1,4H2. The number of carbonyl (C=O) groups is 1. The lowest BCUT2D eigenvalue weighted by Gasteiger charge is -2.03. The van der Waals surface area contributed by atoms with Crippen LogP contribution in [0.5, 0.6) is 0 Å². The number of halogens is 2. The molecule has 1 aliphatic rings. The molecule has 17 heavy (non-hydrogen) atoms. The third kappa shape index (κ3) is 1.88. The van der Waals surface area contributed by atoms with Crippen LogP contribution in [0.25, 0.3) is 0 Å². The Bertz CT molecular complexity index is 621. The molecule has 0 saturated heterocycles. The number of benzene rings is 1. The second kappa shape index (κ2) is 4.09. The molecular weight excluding hydrogens is 277 g/mol. The Morgan fingerprint density at radius 3 is 2.88 bits per heavy atom. The second-order valence-electron chi connectivity index (χ2n) is 3.87. The summed E-state index contributed by atoms with van der Waals surface area (Å²) in [6.45, 7) is 0. The first-order valence-electron chi connectivity index (χ1n) is 5.13. The van der Waals surface area contributed by atoms with E-state index >= 15 is 0 Å². The van der Waals surface area contributed by atoms with Gasteiger partial charge in [0.2, 0.25) is 5.78 Å². The Morgan fingerprint density at radius 1 is 1.24 bits per heavy atom. The minimum Gasteiger partial charge on any atom is -0.287 e. The number of carbonyl (C=O) groups excluding carboxylic acids is 1. The van der Waals surface area contributed by atoms with E-state index in [1.807, 2.05) is 6.07 Å². The minimum atomic E-state index is -0.0488. The van der Waals surface area contributed by atoms with Crippen LogP contribution in [0.15, 0.2) is 18.2 Å². The van der Waals surface area contributed by atoms with Crippen LogP contribution in [0.3, 0.4) is 0 Å². The van der Waals surface area contributed by atoms with E-state index in [2.05, 4.69) is 4.98 Å². The highest BCUT2D eigenvalue weighted by Crippen LogP contribution is 2.31. The van der Waals surface area contributed by atoms with Gasteiger partial charge < -0.3 is 0 Å². The number of fused-ring (bicyclic) bond motifs is 2. The summed E-state index contributed by atoms with van der Waals surface area (Å²) in [6.07, 6.45) is 1.59. The van der Waals surface area contributed by atoms with Gasteiger partial charge in [0.05, 0.1) is 0 Å². The molecule has 86 valence electrons. The smallest absolute Gasteiger partial charge is 0.212 e.